The Morgan fingerprint density at radius 3 is 2.00 bits per heavy atom. The van der Waals surface area contributed by atoms with Gasteiger partial charge in [0, 0.05) is 29.1 Å². The van der Waals surface area contributed by atoms with E-state index in [-0.39, 0.29) is 11.6 Å². The smallest absolute Gasteiger partial charge is 0.406 e. The second kappa shape index (κ2) is 7.38. The molecule has 0 saturated carbocycles. The van der Waals surface area contributed by atoms with Gasteiger partial charge in [0.05, 0.1) is 11.4 Å². The highest BCUT2D eigenvalue weighted by Crippen LogP contribution is 2.33. The van der Waals surface area contributed by atoms with Crippen LogP contribution in [0, 0.1) is 5.82 Å². The Kier molecular flexibility index (Phi) is 4.75. The van der Waals surface area contributed by atoms with Crippen molar-refractivity contribution in [2.24, 2.45) is 0 Å². The fraction of sp³-hybridized carbons (Fsp3) is 0.0476. The average Bonchev–Trinajstić information content (AvgIpc) is 3.14. The average molecular weight is 399 g/mol. The summed E-state index contributed by atoms with van der Waals surface area (Å²) in [6.07, 6.45) is -1.49. The number of benzene rings is 2. The Morgan fingerprint density at radius 2 is 1.38 bits per heavy atom. The molecule has 0 atom stereocenters. The van der Waals surface area contributed by atoms with Crippen molar-refractivity contribution in [3.8, 4) is 39.7 Å². The van der Waals surface area contributed by atoms with Crippen molar-refractivity contribution in [2.45, 2.75) is 6.36 Å². The van der Waals surface area contributed by atoms with Crippen LogP contribution in [0.3, 0.4) is 0 Å². The number of pyridine rings is 1. The first kappa shape index (κ1) is 18.7. The highest BCUT2D eigenvalue weighted by Gasteiger charge is 2.31. The van der Waals surface area contributed by atoms with Gasteiger partial charge in [-0.25, -0.2) is 9.37 Å². The molecule has 4 nitrogen and oxygen atoms in total. The molecule has 4 rings (SSSR count). The summed E-state index contributed by atoms with van der Waals surface area (Å²) in [6.45, 7) is 0. The van der Waals surface area contributed by atoms with Gasteiger partial charge in [-0.1, -0.05) is 0 Å². The number of alkyl halides is 3. The first-order valence-corrected chi connectivity index (χ1v) is 8.51. The van der Waals surface area contributed by atoms with Gasteiger partial charge in [0.15, 0.2) is 0 Å². The van der Waals surface area contributed by atoms with Crippen LogP contribution in [0.1, 0.15) is 0 Å². The van der Waals surface area contributed by atoms with E-state index < -0.39 is 6.36 Å². The summed E-state index contributed by atoms with van der Waals surface area (Å²) in [6, 6.07) is 14.9. The minimum Gasteiger partial charge on any atom is -0.406 e. The lowest BCUT2D eigenvalue weighted by molar-refractivity contribution is -0.274. The molecule has 8 heteroatoms. The van der Waals surface area contributed by atoms with Crippen LogP contribution in [-0.2, 0) is 0 Å². The van der Waals surface area contributed by atoms with Gasteiger partial charge in [-0.2, -0.15) is 0 Å². The SMILES string of the molecule is Fc1ccc(-c2nc(-c3ccc(OC(F)(F)F)cc3)[nH]c2-c2ccncc2)cc1. The van der Waals surface area contributed by atoms with Crippen molar-refractivity contribution in [3.05, 3.63) is 78.9 Å². The zero-order chi connectivity index (χ0) is 20.4. The minimum atomic E-state index is -4.75. The second-order valence-corrected chi connectivity index (χ2v) is 6.12. The van der Waals surface area contributed by atoms with E-state index in [1.54, 1.807) is 36.7 Å². The molecule has 29 heavy (non-hydrogen) atoms. The van der Waals surface area contributed by atoms with E-state index in [1.807, 2.05) is 0 Å². The Hall–Kier alpha value is -3.68. The highest BCUT2D eigenvalue weighted by atomic mass is 19.4. The molecule has 0 spiro atoms. The first-order valence-electron chi connectivity index (χ1n) is 8.51. The van der Waals surface area contributed by atoms with Crippen LogP contribution in [0.15, 0.2) is 73.1 Å². The van der Waals surface area contributed by atoms with E-state index in [9.17, 15) is 17.6 Å². The molecule has 0 aliphatic rings. The molecular formula is C21H13F4N3O. The van der Waals surface area contributed by atoms with Crippen LogP contribution in [0.4, 0.5) is 17.6 Å². The molecule has 0 amide bonds. The fourth-order valence-electron chi connectivity index (χ4n) is 2.87. The number of hydrogen-bond acceptors (Lipinski definition) is 3. The number of imidazole rings is 1. The summed E-state index contributed by atoms with van der Waals surface area (Å²) >= 11 is 0. The van der Waals surface area contributed by atoms with Crippen molar-refractivity contribution < 1.29 is 22.3 Å². The number of nitrogens with one attached hydrogen (secondary N) is 1. The molecule has 0 bridgehead atoms. The molecular weight excluding hydrogens is 386 g/mol. The Morgan fingerprint density at radius 1 is 0.759 bits per heavy atom. The van der Waals surface area contributed by atoms with Gasteiger partial charge in [0.25, 0.3) is 0 Å². The van der Waals surface area contributed by atoms with E-state index in [0.29, 0.717) is 28.3 Å². The number of halogens is 4. The Labute approximate surface area is 162 Å². The molecule has 146 valence electrons. The largest absolute Gasteiger partial charge is 0.573 e. The molecule has 0 saturated heterocycles. The van der Waals surface area contributed by atoms with Gasteiger partial charge in [-0.15, -0.1) is 13.2 Å². The van der Waals surface area contributed by atoms with Crippen LogP contribution >= 0.6 is 0 Å². The van der Waals surface area contributed by atoms with Crippen molar-refractivity contribution in [3.63, 3.8) is 0 Å². The summed E-state index contributed by atoms with van der Waals surface area (Å²) in [7, 11) is 0. The van der Waals surface area contributed by atoms with Crippen molar-refractivity contribution in [1.29, 1.82) is 0 Å². The Balaban J connectivity index is 1.76. The first-order chi connectivity index (χ1) is 13.9. The van der Waals surface area contributed by atoms with Gasteiger partial charge < -0.3 is 9.72 Å². The molecule has 4 aromatic rings. The van der Waals surface area contributed by atoms with Crippen LogP contribution in [-0.4, -0.2) is 21.3 Å². The van der Waals surface area contributed by atoms with E-state index >= 15 is 0 Å². The number of hydrogen-bond donors (Lipinski definition) is 1. The summed E-state index contributed by atoms with van der Waals surface area (Å²) in [4.78, 5) is 11.8. The van der Waals surface area contributed by atoms with E-state index in [2.05, 4.69) is 19.7 Å². The monoisotopic (exact) mass is 399 g/mol. The lowest BCUT2D eigenvalue weighted by Crippen LogP contribution is -2.16. The molecule has 0 aliphatic carbocycles. The highest BCUT2D eigenvalue weighted by molar-refractivity contribution is 5.81. The molecule has 0 fully saturated rings. The number of aromatic amines is 1. The van der Waals surface area contributed by atoms with Crippen LogP contribution in [0.25, 0.3) is 33.9 Å². The van der Waals surface area contributed by atoms with Crippen molar-refractivity contribution in [2.75, 3.05) is 0 Å². The van der Waals surface area contributed by atoms with Gasteiger partial charge in [-0.05, 0) is 60.7 Å². The fourth-order valence-corrected chi connectivity index (χ4v) is 2.87. The van der Waals surface area contributed by atoms with Gasteiger partial charge >= 0.3 is 6.36 Å². The zero-order valence-electron chi connectivity index (χ0n) is 14.7. The third-order valence-electron chi connectivity index (χ3n) is 4.15. The number of aromatic nitrogens is 3. The molecule has 1 N–H and O–H groups in total. The van der Waals surface area contributed by atoms with Crippen LogP contribution in [0.2, 0.25) is 0 Å². The van der Waals surface area contributed by atoms with Crippen molar-refractivity contribution in [1.82, 2.24) is 15.0 Å². The van der Waals surface area contributed by atoms with E-state index in [0.717, 1.165) is 5.56 Å². The lowest BCUT2D eigenvalue weighted by Gasteiger charge is -2.08. The summed E-state index contributed by atoms with van der Waals surface area (Å²) in [5.74, 6) is -0.231. The topological polar surface area (TPSA) is 50.8 Å². The van der Waals surface area contributed by atoms with Crippen LogP contribution < -0.4 is 4.74 Å². The molecule has 2 heterocycles. The molecule has 0 aliphatic heterocycles. The normalized spacial score (nSPS) is 11.4. The summed E-state index contributed by atoms with van der Waals surface area (Å²) < 4.78 is 54.3. The van der Waals surface area contributed by atoms with Crippen LogP contribution in [0.5, 0.6) is 5.75 Å². The number of ether oxygens (including phenoxy) is 1. The molecule has 0 unspecified atom stereocenters. The zero-order valence-corrected chi connectivity index (χ0v) is 14.7. The van der Waals surface area contributed by atoms with Gasteiger partial charge in [-0.3, -0.25) is 4.98 Å². The minimum absolute atomic E-state index is 0.319. The van der Waals surface area contributed by atoms with Crippen molar-refractivity contribution >= 4 is 0 Å². The molecule has 2 aromatic carbocycles. The third kappa shape index (κ3) is 4.26. The summed E-state index contributed by atoms with van der Waals surface area (Å²) in [5.41, 5.74) is 3.35. The van der Waals surface area contributed by atoms with Gasteiger partial charge in [0.1, 0.15) is 17.4 Å². The maximum Gasteiger partial charge on any atom is 0.573 e. The molecule has 0 radical (unpaired) electrons. The lowest BCUT2D eigenvalue weighted by atomic mass is 10.1. The number of H-pyrrole nitrogens is 1. The maximum atomic E-state index is 13.3. The predicted octanol–water partition coefficient (Wildman–Crippen LogP) is 5.84. The van der Waals surface area contributed by atoms with Gasteiger partial charge in [0.2, 0.25) is 0 Å². The maximum absolute atomic E-state index is 13.3. The van der Waals surface area contributed by atoms with E-state index in [4.69, 9.17) is 0 Å². The molecule has 2 aromatic heterocycles. The van der Waals surface area contributed by atoms with E-state index in [1.165, 1.54) is 36.4 Å². The number of rotatable bonds is 4. The number of nitrogens with zero attached hydrogens (tertiary/aromatic N) is 2. The Bertz CT molecular complexity index is 1110. The quantitative estimate of drug-likeness (QED) is 0.439. The standard InChI is InChI=1S/C21H13F4N3O/c22-16-5-1-13(2-6-16)18-19(14-9-11-26-12-10-14)28-20(27-18)15-3-7-17(8-4-15)29-21(23,24)25/h1-12H,(H,27,28). The predicted molar refractivity (Wildman–Crippen MR) is 99.3 cm³/mol. The second-order valence-electron chi connectivity index (χ2n) is 6.12. The summed E-state index contributed by atoms with van der Waals surface area (Å²) in [5, 5.41) is 0. The third-order valence-corrected chi connectivity index (χ3v) is 4.15.